The minimum atomic E-state index is -0.487. The van der Waals surface area contributed by atoms with Crippen molar-refractivity contribution in [3.8, 4) is 17.2 Å². The summed E-state index contributed by atoms with van der Waals surface area (Å²) in [6, 6.07) is 14.5. The van der Waals surface area contributed by atoms with E-state index in [-0.39, 0.29) is 24.8 Å². The molecule has 1 saturated heterocycles. The normalized spacial score (nSPS) is 15.9. The Bertz CT molecular complexity index is 1060. The number of carbonyl (C=O) groups excluding carboxylic acids is 2. The second kappa shape index (κ2) is 8.28. The van der Waals surface area contributed by atoms with E-state index in [9.17, 15) is 9.59 Å². The van der Waals surface area contributed by atoms with Gasteiger partial charge >= 0.3 is 0 Å². The van der Waals surface area contributed by atoms with Gasteiger partial charge in [-0.1, -0.05) is 12.1 Å². The van der Waals surface area contributed by atoms with Gasteiger partial charge < -0.3 is 19.7 Å². The average Bonchev–Trinajstić information content (AvgIpc) is 3.43. The first-order chi connectivity index (χ1) is 14.6. The van der Waals surface area contributed by atoms with E-state index in [0.717, 1.165) is 5.69 Å². The molecule has 2 amide bonds. The molecule has 0 spiro atoms. The Morgan fingerprint density at radius 3 is 2.67 bits per heavy atom. The van der Waals surface area contributed by atoms with Crippen molar-refractivity contribution in [3.05, 3.63) is 60.9 Å². The number of carbonyl (C=O) groups is 2. The SMILES string of the molecule is COc1ccc(OC)c(N2CC(C(=O)Nc3ccccc3-n3cccn3)CC2=O)c1. The number of anilines is 2. The minimum absolute atomic E-state index is 0.121. The number of amides is 2. The van der Waals surface area contributed by atoms with E-state index in [1.807, 2.05) is 30.3 Å². The van der Waals surface area contributed by atoms with Crippen molar-refractivity contribution < 1.29 is 19.1 Å². The summed E-state index contributed by atoms with van der Waals surface area (Å²) in [7, 11) is 3.10. The Kier molecular flexibility index (Phi) is 5.38. The van der Waals surface area contributed by atoms with Crippen molar-refractivity contribution in [2.45, 2.75) is 6.42 Å². The highest BCUT2D eigenvalue weighted by Crippen LogP contribution is 2.36. The van der Waals surface area contributed by atoms with E-state index in [4.69, 9.17) is 9.47 Å². The quantitative estimate of drug-likeness (QED) is 0.680. The number of para-hydroxylation sites is 2. The molecule has 8 nitrogen and oxygen atoms in total. The van der Waals surface area contributed by atoms with E-state index in [1.54, 1.807) is 54.4 Å². The maximum atomic E-state index is 13.0. The predicted molar refractivity (Wildman–Crippen MR) is 112 cm³/mol. The Morgan fingerprint density at radius 1 is 1.10 bits per heavy atom. The van der Waals surface area contributed by atoms with Crippen LogP contribution in [0.4, 0.5) is 11.4 Å². The molecule has 8 heteroatoms. The van der Waals surface area contributed by atoms with Gasteiger partial charge in [0.1, 0.15) is 11.5 Å². The van der Waals surface area contributed by atoms with Crippen LogP contribution in [0.1, 0.15) is 6.42 Å². The molecule has 0 bridgehead atoms. The summed E-state index contributed by atoms with van der Waals surface area (Å²) in [4.78, 5) is 27.2. The lowest BCUT2D eigenvalue weighted by atomic mass is 10.1. The number of hydrogen-bond donors (Lipinski definition) is 1. The summed E-state index contributed by atoms with van der Waals surface area (Å²) < 4.78 is 12.3. The van der Waals surface area contributed by atoms with Gasteiger partial charge in [0.2, 0.25) is 11.8 Å². The molecular formula is C22H22N4O4. The van der Waals surface area contributed by atoms with E-state index in [1.165, 1.54) is 0 Å². The summed E-state index contributed by atoms with van der Waals surface area (Å²) in [5.41, 5.74) is 1.98. The number of methoxy groups -OCH3 is 2. The van der Waals surface area contributed by atoms with Crippen molar-refractivity contribution >= 4 is 23.2 Å². The summed E-state index contributed by atoms with van der Waals surface area (Å²) in [5, 5.41) is 7.18. The molecule has 3 aromatic rings. The molecule has 0 saturated carbocycles. The smallest absolute Gasteiger partial charge is 0.229 e. The maximum absolute atomic E-state index is 13.0. The highest BCUT2D eigenvalue weighted by atomic mass is 16.5. The standard InChI is InChI=1S/C22H22N4O4/c1-29-16-8-9-20(30-2)19(13-16)25-14-15(12-21(25)27)22(28)24-17-6-3-4-7-18(17)26-11-5-10-23-26/h3-11,13,15H,12,14H2,1-2H3,(H,24,28). The lowest BCUT2D eigenvalue weighted by molar-refractivity contribution is -0.122. The summed E-state index contributed by atoms with van der Waals surface area (Å²) in [6.45, 7) is 0.262. The number of nitrogens with one attached hydrogen (secondary N) is 1. The minimum Gasteiger partial charge on any atom is -0.497 e. The molecule has 1 aliphatic rings. The lowest BCUT2D eigenvalue weighted by Crippen LogP contribution is -2.28. The topological polar surface area (TPSA) is 85.7 Å². The number of hydrogen-bond acceptors (Lipinski definition) is 5. The Morgan fingerprint density at radius 2 is 1.93 bits per heavy atom. The third kappa shape index (κ3) is 3.71. The van der Waals surface area contributed by atoms with Crippen LogP contribution in [0.2, 0.25) is 0 Å². The van der Waals surface area contributed by atoms with Crippen molar-refractivity contribution in [3.63, 3.8) is 0 Å². The molecule has 1 aliphatic heterocycles. The third-order valence-corrected chi connectivity index (χ3v) is 5.09. The molecule has 1 unspecified atom stereocenters. The molecule has 1 aromatic heterocycles. The molecule has 30 heavy (non-hydrogen) atoms. The van der Waals surface area contributed by atoms with Crippen LogP contribution in [0.3, 0.4) is 0 Å². The van der Waals surface area contributed by atoms with Crippen LogP contribution in [0.5, 0.6) is 11.5 Å². The molecule has 4 rings (SSSR count). The molecule has 0 radical (unpaired) electrons. The third-order valence-electron chi connectivity index (χ3n) is 5.09. The first-order valence-corrected chi connectivity index (χ1v) is 9.53. The highest BCUT2D eigenvalue weighted by molar-refractivity contribution is 6.04. The van der Waals surface area contributed by atoms with Gasteiger partial charge in [0.15, 0.2) is 0 Å². The van der Waals surface area contributed by atoms with Gasteiger partial charge in [-0.3, -0.25) is 9.59 Å². The molecule has 1 N–H and O–H groups in total. The molecule has 1 fully saturated rings. The fraction of sp³-hybridized carbons (Fsp3) is 0.227. The van der Waals surface area contributed by atoms with Crippen LogP contribution in [0, 0.1) is 5.92 Å². The zero-order valence-electron chi connectivity index (χ0n) is 16.7. The van der Waals surface area contributed by atoms with Crippen molar-refractivity contribution in [2.24, 2.45) is 5.92 Å². The zero-order valence-corrected chi connectivity index (χ0v) is 16.7. The fourth-order valence-corrected chi connectivity index (χ4v) is 3.55. The Balaban J connectivity index is 1.54. The zero-order chi connectivity index (χ0) is 21.1. The average molecular weight is 406 g/mol. The van der Waals surface area contributed by atoms with E-state index in [2.05, 4.69) is 10.4 Å². The van der Waals surface area contributed by atoms with Crippen molar-refractivity contribution in [1.82, 2.24) is 9.78 Å². The highest BCUT2D eigenvalue weighted by Gasteiger charge is 2.36. The van der Waals surface area contributed by atoms with Gasteiger partial charge in [0.25, 0.3) is 0 Å². The Hall–Kier alpha value is -3.81. The first-order valence-electron chi connectivity index (χ1n) is 9.53. The van der Waals surface area contributed by atoms with E-state index in [0.29, 0.717) is 22.9 Å². The monoisotopic (exact) mass is 406 g/mol. The molecule has 2 heterocycles. The molecule has 154 valence electrons. The lowest BCUT2D eigenvalue weighted by Gasteiger charge is -2.20. The van der Waals surface area contributed by atoms with Gasteiger partial charge in [-0.2, -0.15) is 5.10 Å². The van der Waals surface area contributed by atoms with Gasteiger partial charge in [-0.05, 0) is 30.3 Å². The van der Waals surface area contributed by atoms with Crippen LogP contribution in [0.15, 0.2) is 60.9 Å². The molecule has 1 atom stereocenters. The Labute approximate surface area is 174 Å². The van der Waals surface area contributed by atoms with E-state index >= 15 is 0 Å². The molecule has 0 aliphatic carbocycles. The van der Waals surface area contributed by atoms with Gasteiger partial charge in [-0.15, -0.1) is 0 Å². The first kappa shape index (κ1) is 19.5. The summed E-state index contributed by atoms with van der Waals surface area (Å²) in [5.74, 6) is 0.322. The number of rotatable bonds is 6. The van der Waals surface area contributed by atoms with Crippen molar-refractivity contribution in [2.75, 3.05) is 31.0 Å². The second-order valence-corrected chi connectivity index (χ2v) is 6.90. The summed E-state index contributed by atoms with van der Waals surface area (Å²) in [6.07, 6.45) is 3.60. The number of ether oxygens (including phenoxy) is 2. The molecular weight excluding hydrogens is 384 g/mol. The maximum Gasteiger partial charge on any atom is 0.229 e. The van der Waals surface area contributed by atoms with Gasteiger partial charge in [0, 0.05) is 31.4 Å². The second-order valence-electron chi connectivity index (χ2n) is 6.90. The van der Waals surface area contributed by atoms with E-state index < -0.39 is 5.92 Å². The molecule has 2 aromatic carbocycles. The van der Waals surface area contributed by atoms with Crippen LogP contribution in [-0.2, 0) is 9.59 Å². The van der Waals surface area contributed by atoms with Gasteiger partial charge in [-0.25, -0.2) is 4.68 Å². The fourth-order valence-electron chi connectivity index (χ4n) is 3.55. The number of benzene rings is 2. The van der Waals surface area contributed by atoms with Gasteiger partial charge in [0.05, 0.1) is 37.2 Å². The largest absolute Gasteiger partial charge is 0.497 e. The van der Waals surface area contributed by atoms with Crippen LogP contribution >= 0.6 is 0 Å². The number of aromatic nitrogens is 2. The summed E-state index contributed by atoms with van der Waals surface area (Å²) >= 11 is 0. The van der Waals surface area contributed by atoms with Crippen LogP contribution in [-0.4, -0.2) is 42.4 Å². The van der Waals surface area contributed by atoms with Crippen LogP contribution in [0.25, 0.3) is 5.69 Å². The van der Waals surface area contributed by atoms with Crippen molar-refractivity contribution in [1.29, 1.82) is 0 Å². The van der Waals surface area contributed by atoms with Crippen LogP contribution < -0.4 is 19.7 Å². The number of nitrogens with zero attached hydrogens (tertiary/aromatic N) is 3. The predicted octanol–water partition coefficient (Wildman–Crippen LogP) is 2.88.